The van der Waals surface area contributed by atoms with Crippen LogP contribution in [0.4, 0.5) is 0 Å². The van der Waals surface area contributed by atoms with Gasteiger partial charge in [0.25, 0.3) is 0 Å². The molecule has 0 aromatic rings. The Labute approximate surface area is 135 Å². The van der Waals surface area contributed by atoms with Crippen molar-refractivity contribution >= 4 is 0 Å². The Morgan fingerprint density at radius 3 is 2.55 bits per heavy atom. The fourth-order valence-electron chi connectivity index (χ4n) is 7.15. The van der Waals surface area contributed by atoms with Crippen LogP contribution in [0.5, 0.6) is 0 Å². The predicted octanol–water partition coefficient (Wildman–Crippen LogP) is 5.50. The number of rotatable bonds is 0. The second-order valence-electron chi connectivity index (χ2n) is 10.1. The molecule has 5 aliphatic rings. The summed E-state index contributed by atoms with van der Waals surface area (Å²) in [5.74, 6) is 2.87. The Kier molecular flexibility index (Phi) is 2.69. The molecule has 0 bridgehead atoms. The van der Waals surface area contributed by atoms with Crippen molar-refractivity contribution in [1.29, 1.82) is 0 Å². The van der Waals surface area contributed by atoms with E-state index in [1.54, 1.807) is 0 Å². The molecule has 3 fully saturated rings. The van der Waals surface area contributed by atoms with Crippen LogP contribution in [-0.4, -0.2) is 12.2 Å². The molecule has 5 rings (SSSR count). The topological polar surface area (TPSA) is 12.5 Å². The molecule has 1 aliphatic heterocycles. The number of hydrogen-bond acceptors (Lipinski definition) is 1. The van der Waals surface area contributed by atoms with Gasteiger partial charge in [-0.15, -0.1) is 0 Å². The lowest BCUT2D eigenvalue weighted by Crippen LogP contribution is -2.50. The molecule has 4 aliphatic carbocycles. The SMILES string of the molecule is CC1(C)CCC2=C1CC[C@@H]1[C@H]2CC[C@H]2C[C@]3(CC[C@@]21C)CO3. The van der Waals surface area contributed by atoms with Gasteiger partial charge in [-0.3, -0.25) is 0 Å². The maximum Gasteiger partial charge on any atom is 0.0919 e. The van der Waals surface area contributed by atoms with Crippen LogP contribution >= 0.6 is 0 Å². The van der Waals surface area contributed by atoms with Gasteiger partial charge in [0.2, 0.25) is 0 Å². The normalized spacial score (nSPS) is 52.2. The average Bonchev–Trinajstić information content (AvgIpc) is 3.17. The molecule has 2 saturated carbocycles. The lowest BCUT2D eigenvalue weighted by atomic mass is 9.48. The van der Waals surface area contributed by atoms with Crippen molar-refractivity contribution in [2.24, 2.45) is 28.6 Å². The van der Waals surface area contributed by atoms with Gasteiger partial charge < -0.3 is 4.74 Å². The monoisotopic (exact) mass is 300 g/mol. The van der Waals surface area contributed by atoms with Crippen molar-refractivity contribution < 1.29 is 4.74 Å². The fourth-order valence-corrected chi connectivity index (χ4v) is 7.15. The molecular formula is C21H32O. The summed E-state index contributed by atoms with van der Waals surface area (Å²) in [7, 11) is 0. The van der Waals surface area contributed by atoms with Crippen LogP contribution in [0, 0.1) is 28.6 Å². The largest absolute Gasteiger partial charge is 0.370 e. The lowest BCUT2D eigenvalue weighted by molar-refractivity contribution is -0.0547. The number of epoxide rings is 1. The van der Waals surface area contributed by atoms with Crippen molar-refractivity contribution in [3.8, 4) is 0 Å². The zero-order chi connectivity index (χ0) is 15.2. The van der Waals surface area contributed by atoms with E-state index < -0.39 is 0 Å². The van der Waals surface area contributed by atoms with Gasteiger partial charge in [0.05, 0.1) is 12.2 Å². The van der Waals surface area contributed by atoms with Gasteiger partial charge in [0.15, 0.2) is 0 Å². The Hall–Kier alpha value is -0.300. The van der Waals surface area contributed by atoms with Crippen LogP contribution in [-0.2, 0) is 4.74 Å². The molecule has 1 heteroatoms. The van der Waals surface area contributed by atoms with E-state index in [1.165, 1.54) is 57.8 Å². The summed E-state index contributed by atoms with van der Waals surface area (Å²) in [4.78, 5) is 0. The first-order valence-electron chi connectivity index (χ1n) is 9.80. The third-order valence-electron chi connectivity index (χ3n) is 8.76. The quantitative estimate of drug-likeness (QED) is 0.425. The van der Waals surface area contributed by atoms with Crippen LogP contribution in [0.1, 0.15) is 78.6 Å². The van der Waals surface area contributed by atoms with Gasteiger partial charge in [-0.1, -0.05) is 31.9 Å². The molecule has 0 aromatic heterocycles. The first-order valence-corrected chi connectivity index (χ1v) is 9.80. The molecule has 0 radical (unpaired) electrons. The van der Waals surface area contributed by atoms with E-state index in [-0.39, 0.29) is 0 Å². The summed E-state index contributed by atoms with van der Waals surface area (Å²) in [5.41, 5.74) is 5.30. The Bertz CT molecular complexity index is 538. The molecular weight excluding hydrogens is 268 g/mol. The summed E-state index contributed by atoms with van der Waals surface area (Å²) in [6.45, 7) is 8.72. The van der Waals surface area contributed by atoms with Crippen molar-refractivity contribution in [2.45, 2.75) is 84.2 Å². The molecule has 0 amide bonds. The Balaban J connectivity index is 1.47. The fraction of sp³-hybridized carbons (Fsp3) is 0.905. The smallest absolute Gasteiger partial charge is 0.0919 e. The minimum Gasteiger partial charge on any atom is -0.370 e. The van der Waals surface area contributed by atoms with Crippen molar-refractivity contribution in [3.63, 3.8) is 0 Å². The van der Waals surface area contributed by atoms with E-state index in [4.69, 9.17) is 4.74 Å². The second-order valence-corrected chi connectivity index (χ2v) is 10.1. The number of hydrogen-bond donors (Lipinski definition) is 0. The van der Waals surface area contributed by atoms with Crippen LogP contribution in [0.2, 0.25) is 0 Å². The van der Waals surface area contributed by atoms with Gasteiger partial charge in [-0.05, 0) is 86.4 Å². The van der Waals surface area contributed by atoms with E-state index in [0.29, 0.717) is 16.4 Å². The van der Waals surface area contributed by atoms with E-state index in [9.17, 15) is 0 Å². The average molecular weight is 300 g/mol. The molecule has 22 heavy (non-hydrogen) atoms. The molecule has 1 spiro atoms. The summed E-state index contributed by atoms with van der Waals surface area (Å²) in [6.07, 6.45) is 12.8. The molecule has 1 heterocycles. The molecule has 1 saturated heterocycles. The van der Waals surface area contributed by atoms with Crippen molar-refractivity contribution in [1.82, 2.24) is 0 Å². The van der Waals surface area contributed by atoms with Crippen LogP contribution < -0.4 is 0 Å². The highest BCUT2D eigenvalue weighted by Crippen LogP contribution is 2.65. The van der Waals surface area contributed by atoms with E-state index in [1.807, 2.05) is 11.1 Å². The molecule has 0 N–H and O–H groups in total. The van der Waals surface area contributed by atoms with Crippen LogP contribution in [0.15, 0.2) is 11.1 Å². The minimum absolute atomic E-state index is 0.353. The summed E-state index contributed by atoms with van der Waals surface area (Å²) in [5, 5.41) is 0. The maximum absolute atomic E-state index is 5.85. The van der Waals surface area contributed by atoms with Crippen molar-refractivity contribution in [2.75, 3.05) is 6.61 Å². The van der Waals surface area contributed by atoms with Crippen molar-refractivity contribution in [3.05, 3.63) is 11.1 Å². The van der Waals surface area contributed by atoms with E-state index in [2.05, 4.69) is 20.8 Å². The number of fused-ring (bicyclic) bond motifs is 4. The summed E-state index contributed by atoms with van der Waals surface area (Å²) >= 11 is 0. The first-order chi connectivity index (χ1) is 10.4. The first kappa shape index (κ1) is 14.1. The van der Waals surface area contributed by atoms with Gasteiger partial charge in [-0.25, -0.2) is 0 Å². The van der Waals surface area contributed by atoms with Crippen LogP contribution in [0.3, 0.4) is 0 Å². The van der Waals surface area contributed by atoms with Gasteiger partial charge >= 0.3 is 0 Å². The van der Waals surface area contributed by atoms with E-state index in [0.717, 1.165) is 24.4 Å². The molecule has 122 valence electrons. The minimum atomic E-state index is 0.353. The molecule has 1 nitrogen and oxygen atoms in total. The zero-order valence-corrected chi connectivity index (χ0v) is 14.7. The highest BCUT2D eigenvalue weighted by Gasteiger charge is 2.59. The lowest BCUT2D eigenvalue weighted by Gasteiger charge is -2.57. The second kappa shape index (κ2) is 4.21. The molecule has 0 aromatic carbocycles. The maximum atomic E-state index is 5.85. The van der Waals surface area contributed by atoms with Crippen LogP contribution in [0.25, 0.3) is 0 Å². The third kappa shape index (κ3) is 1.75. The highest BCUT2D eigenvalue weighted by atomic mass is 16.6. The standard InChI is InChI=1S/C21H32O/c1-19(2)9-8-16-15-5-4-14-12-21(13-22-21)11-10-20(14,3)18(15)7-6-17(16)19/h14-15,18H,4-13H2,1-3H3/t14-,15-,18+,20-,21+/m0/s1. The Morgan fingerprint density at radius 2 is 1.77 bits per heavy atom. The summed E-state index contributed by atoms with van der Waals surface area (Å²) in [6, 6.07) is 0. The highest BCUT2D eigenvalue weighted by molar-refractivity contribution is 5.33. The predicted molar refractivity (Wildman–Crippen MR) is 89.6 cm³/mol. The number of ether oxygens (including phenoxy) is 1. The van der Waals surface area contributed by atoms with E-state index >= 15 is 0 Å². The Morgan fingerprint density at radius 1 is 0.955 bits per heavy atom. The number of allylic oxidation sites excluding steroid dienone is 2. The molecule has 5 atom stereocenters. The van der Waals surface area contributed by atoms with Gasteiger partial charge in [0, 0.05) is 0 Å². The van der Waals surface area contributed by atoms with Gasteiger partial charge in [-0.2, -0.15) is 0 Å². The molecule has 0 unspecified atom stereocenters. The third-order valence-corrected chi connectivity index (χ3v) is 8.76. The zero-order valence-electron chi connectivity index (χ0n) is 14.7. The van der Waals surface area contributed by atoms with Gasteiger partial charge in [0.1, 0.15) is 0 Å². The summed E-state index contributed by atoms with van der Waals surface area (Å²) < 4.78 is 5.85.